The van der Waals surface area contributed by atoms with Crippen LogP contribution in [-0.4, -0.2) is 31.9 Å². The quantitative estimate of drug-likeness (QED) is 0.879. The van der Waals surface area contributed by atoms with Gasteiger partial charge in [-0.25, -0.2) is 4.79 Å². The van der Waals surface area contributed by atoms with Gasteiger partial charge in [0.15, 0.2) is 0 Å². The summed E-state index contributed by atoms with van der Waals surface area (Å²) < 4.78 is 34.5. The number of halogens is 2. The Bertz CT molecular complexity index is 491. The van der Waals surface area contributed by atoms with E-state index in [4.69, 9.17) is 4.74 Å². The lowest BCUT2D eigenvalue weighted by Gasteiger charge is -2.16. The van der Waals surface area contributed by atoms with E-state index in [0.29, 0.717) is 18.7 Å². The number of rotatable bonds is 5. The standard InChI is InChI=1S/C14H18F2N2O3/c1-9-4-2-6-11(21-13(15)16)12(9)18-14(19)17-8-10-5-3-7-20-10/h2,4,6,10,13H,3,5,7-8H2,1H3,(H2,17,18,19). The number of benzene rings is 1. The Morgan fingerprint density at radius 1 is 1.52 bits per heavy atom. The number of ether oxygens (including phenoxy) is 2. The number of para-hydroxylation sites is 1. The Labute approximate surface area is 121 Å². The van der Waals surface area contributed by atoms with E-state index in [2.05, 4.69) is 15.4 Å². The first-order chi connectivity index (χ1) is 10.1. The summed E-state index contributed by atoms with van der Waals surface area (Å²) in [6.07, 6.45) is 1.91. The highest BCUT2D eigenvalue weighted by Crippen LogP contribution is 2.29. The van der Waals surface area contributed by atoms with E-state index in [-0.39, 0.29) is 17.5 Å². The van der Waals surface area contributed by atoms with E-state index >= 15 is 0 Å². The molecule has 2 rings (SSSR count). The molecule has 21 heavy (non-hydrogen) atoms. The van der Waals surface area contributed by atoms with Crippen LogP contribution in [-0.2, 0) is 4.74 Å². The van der Waals surface area contributed by atoms with Gasteiger partial charge in [-0.1, -0.05) is 12.1 Å². The van der Waals surface area contributed by atoms with Crippen LogP contribution in [0.25, 0.3) is 0 Å². The Hall–Kier alpha value is -1.89. The summed E-state index contributed by atoms with van der Waals surface area (Å²) in [7, 11) is 0. The number of hydrogen-bond donors (Lipinski definition) is 2. The summed E-state index contributed by atoms with van der Waals surface area (Å²) in [5, 5.41) is 5.21. The van der Waals surface area contributed by atoms with Gasteiger partial charge in [0.05, 0.1) is 11.8 Å². The van der Waals surface area contributed by atoms with Gasteiger partial charge in [-0.3, -0.25) is 0 Å². The molecule has 5 nitrogen and oxygen atoms in total. The van der Waals surface area contributed by atoms with Gasteiger partial charge in [0.1, 0.15) is 5.75 Å². The molecule has 2 N–H and O–H groups in total. The van der Waals surface area contributed by atoms with Crippen LogP contribution in [0.1, 0.15) is 18.4 Å². The maximum atomic E-state index is 12.4. The van der Waals surface area contributed by atoms with Crippen LogP contribution in [0.3, 0.4) is 0 Å². The smallest absolute Gasteiger partial charge is 0.387 e. The zero-order valence-electron chi connectivity index (χ0n) is 11.7. The fourth-order valence-electron chi connectivity index (χ4n) is 2.16. The minimum atomic E-state index is -2.94. The number of nitrogens with one attached hydrogen (secondary N) is 2. The molecule has 116 valence electrons. The van der Waals surface area contributed by atoms with Crippen LogP contribution >= 0.6 is 0 Å². The maximum absolute atomic E-state index is 12.4. The molecule has 1 heterocycles. The van der Waals surface area contributed by atoms with Gasteiger partial charge >= 0.3 is 12.6 Å². The zero-order chi connectivity index (χ0) is 15.2. The van der Waals surface area contributed by atoms with Crippen LogP contribution in [0.4, 0.5) is 19.3 Å². The summed E-state index contributed by atoms with van der Waals surface area (Å²) in [5.41, 5.74) is 0.878. The van der Waals surface area contributed by atoms with Crippen molar-refractivity contribution in [3.05, 3.63) is 23.8 Å². The first kappa shape index (κ1) is 15.5. The average molecular weight is 300 g/mol. The van der Waals surface area contributed by atoms with Crippen molar-refractivity contribution in [3.8, 4) is 5.75 Å². The van der Waals surface area contributed by atoms with Gasteiger partial charge in [-0.05, 0) is 31.4 Å². The molecule has 0 aliphatic carbocycles. The van der Waals surface area contributed by atoms with Gasteiger partial charge in [0.2, 0.25) is 0 Å². The lowest BCUT2D eigenvalue weighted by molar-refractivity contribution is -0.0493. The Morgan fingerprint density at radius 3 is 3.00 bits per heavy atom. The first-order valence-corrected chi connectivity index (χ1v) is 6.77. The highest BCUT2D eigenvalue weighted by molar-refractivity contribution is 5.91. The highest BCUT2D eigenvalue weighted by Gasteiger charge is 2.17. The normalized spacial score (nSPS) is 17.8. The number of urea groups is 1. The third kappa shape index (κ3) is 4.56. The lowest BCUT2D eigenvalue weighted by Crippen LogP contribution is -2.35. The number of aryl methyl sites for hydroxylation is 1. The molecule has 1 saturated heterocycles. The largest absolute Gasteiger partial charge is 0.433 e. The van der Waals surface area contributed by atoms with E-state index in [1.165, 1.54) is 6.07 Å². The highest BCUT2D eigenvalue weighted by atomic mass is 19.3. The number of amides is 2. The summed E-state index contributed by atoms with van der Waals surface area (Å²) in [5.74, 6) is -0.0581. The molecule has 0 saturated carbocycles. The Morgan fingerprint density at radius 2 is 2.33 bits per heavy atom. The van der Waals surface area contributed by atoms with E-state index in [1.807, 2.05) is 0 Å². The van der Waals surface area contributed by atoms with E-state index in [9.17, 15) is 13.6 Å². The first-order valence-electron chi connectivity index (χ1n) is 6.77. The SMILES string of the molecule is Cc1cccc(OC(F)F)c1NC(=O)NCC1CCCO1. The molecular formula is C14H18F2N2O3. The molecule has 1 aliphatic rings. The second-order valence-corrected chi connectivity index (χ2v) is 4.80. The summed E-state index contributed by atoms with van der Waals surface area (Å²) in [6, 6.07) is 4.20. The van der Waals surface area contributed by atoms with Crippen molar-refractivity contribution < 1.29 is 23.0 Å². The van der Waals surface area contributed by atoms with Crippen LogP contribution < -0.4 is 15.4 Å². The van der Waals surface area contributed by atoms with Gasteiger partial charge in [0, 0.05) is 13.2 Å². The Balaban J connectivity index is 1.95. The number of carbonyl (C=O) groups is 1. The van der Waals surface area contributed by atoms with Crippen molar-refractivity contribution >= 4 is 11.7 Å². The van der Waals surface area contributed by atoms with Crippen LogP contribution in [0, 0.1) is 6.92 Å². The number of alkyl halides is 2. The van der Waals surface area contributed by atoms with Crippen molar-refractivity contribution in [2.45, 2.75) is 32.5 Å². The molecule has 1 aliphatic heterocycles. The van der Waals surface area contributed by atoms with Crippen molar-refractivity contribution in [2.75, 3.05) is 18.5 Å². The summed E-state index contributed by atoms with van der Waals surface area (Å²) in [6.45, 7) is -0.142. The predicted octanol–water partition coefficient (Wildman–Crippen LogP) is 2.90. The average Bonchev–Trinajstić information content (AvgIpc) is 2.93. The fourth-order valence-corrected chi connectivity index (χ4v) is 2.16. The predicted molar refractivity (Wildman–Crippen MR) is 73.8 cm³/mol. The van der Waals surface area contributed by atoms with Crippen molar-refractivity contribution in [3.63, 3.8) is 0 Å². The third-order valence-electron chi connectivity index (χ3n) is 3.20. The molecule has 1 aromatic carbocycles. The van der Waals surface area contributed by atoms with E-state index < -0.39 is 12.6 Å². The van der Waals surface area contributed by atoms with Crippen LogP contribution in [0.2, 0.25) is 0 Å². The minimum Gasteiger partial charge on any atom is -0.433 e. The second-order valence-electron chi connectivity index (χ2n) is 4.80. The third-order valence-corrected chi connectivity index (χ3v) is 3.20. The van der Waals surface area contributed by atoms with Crippen LogP contribution in [0.5, 0.6) is 5.75 Å². The van der Waals surface area contributed by atoms with Crippen molar-refractivity contribution in [1.82, 2.24) is 5.32 Å². The van der Waals surface area contributed by atoms with Gasteiger partial charge < -0.3 is 20.1 Å². The molecule has 1 atom stereocenters. The molecule has 2 amide bonds. The minimum absolute atomic E-state index is 0.0180. The monoisotopic (exact) mass is 300 g/mol. The van der Waals surface area contributed by atoms with Gasteiger partial charge in [0.25, 0.3) is 0 Å². The van der Waals surface area contributed by atoms with Crippen molar-refractivity contribution in [2.24, 2.45) is 0 Å². The van der Waals surface area contributed by atoms with Gasteiger partial charge in [-0.2, -0.15) is 8.78 Å². The molecule has 1 unspecified atom stereocenters. The second kappa shape index (κ2) is 7.21. The zero-order valence-corrected chi connectivity index (χ0v) is 11.7. The molecule has 0 spiro atoms. The number of hydrogen-bond acceptors (Lipinski definition) is 3. The molecule has 1 aromatic rings. The summed E-state index contributed by atoms with van der Waals surface area (Å²) >= 11 is 0. The molecule has 0 bridgehead atoms. The molecule has 1 fully saturated rings. The lowest BCUT2D eigenvalue weighted by atomic mass is 10.2. The molecule has 0 radical (unpaired) electrons. The van der Waals surface area contributed by atoms with Crippen molar-refractivity contribution in [1.29, 1.82) is 0 Å². The maximum Gasteiger partial charge on any atom is 0.387 e. The van der Waals surface area contributed by atoms with E-state index in [1.54, 1.807) is 19.1 Å². The topological polar surface area (TPSA) is 59.6 Å². The number of carbonyl (C=O) groups excluding carboxylic acids is 1. The van der Waals surface area contributed by atoms with Gasteiger partial charge in [-0.15, -0.1) is 0 Å². The van der Waals surface area contributed by atoms with Crippen LogP contribution in [0.15, 0.2) is 18.2 Å². The number of anilines is 1. The molecule has 0 aromatic heterocycles. The molecule has 7 heteroatoms. The summed E-state index contributed by atoms with van der Waals surface area (Å²) in [4.78, 5) is 11.8. The van der Waals surface area contributed by atoms with E-state index in [0.717, 1.165) is 12.8 Å². The molecular weight excluding hydrogens is 282 g/mol. The Kier molecular flexibility index (Phi) is 5.32. The fraction of sp³-hybridized carbons (Fsp3) is 0.500.